The molecule has 0 saturated heterocycles. The maximum absolute atomic E-state index is 11.6. The van der Waals surface area contributed by atoms with Crippen LogP contribution in [0.1, 0.15) is 18.4 Å². The van der Waals surface area contributed by atoms with Crippen LogP contribution in [0.4, 0.5) is 5.69 Å². The van der Waals surface area contributed by atoms with E-state index < -0.39 is 0 Å². The van der Waals surface area contributed by atoms with Gasteiger partial charge < -0.3 is 10.1 Å². The number of benzene rings is 1. The van der Waals surface area contributed by atoms with Crippen LogP contribution in [-0.2, 0) is 4.79 Å². The monoisotopic (exact) mass is 230 g/mol. The highest BCUT2D eigenvalue weighted by Crippen LogP contribution is 2.31. The van der Waals surface area contributed by atoms with Crippen LogP contribution in [0.25, 0.3) is 0 Å². The molecule has 0 bridgehead atoms. The molecule has 1 aromatic rings. The number of carbonyl (C=O) groups excluding carboxylic acids is 1. The summed E-state index contributed by atoms with van der Waals surface area (Å²) < 4.78 is 5.18. The second kappa shape index (κ2) is 4.88. The molecule has 0 aromatic heterocycles. The molecule has 4 heteroatoms. The van der Waals surface area contributed by atoms with Gasteiger partial charge in [0.2, 0.25) is 5.91 Å². The number of hydrogen-bond acceptors (Lipinski definition) is 3. The van der Waals surface area contributed by atoms with E-state index in [0.717, 1.165) is 24.1 Å². The Bertz CT molecular complexity index is 473. The Morgan fingerprint density at radius 1 is 1.59 bits per heavy atom. The molecule has 88 valence electrons. The zero-order chi connectivity index (χ0) is 12.3. The molecule has 1 saturated carbocycles. The Kier molecular flexibility index (Phi) is 3.29. The van der Waals surface area contributed by atoms with Gasteiger partial charge in [0.1, 0.15) is 11.8 Å². The molecular weight excluding hydrogens is 216 g/mol. The summed E-state index contributed by atoms with van der Waals surface area (Å²) in [5, 5.41) is 11.3. The standard InChI is InChI=1S/C13H14N2O2/c1-9-8-11(17-7-6-14)4-5-12(9)15-13(16)10-2-3-10/h4-5,8,10H,2-3,7H2,1H3,(H,15,16). The van der Waals surface area contributed by atoms with Crippen molar-refractivity contribution in [1.82, 2.24) is 0 Å². The van der Waals surface area contributed by atoms with Gasteiger partial charge in [-0.05, 0) is 43.5 Å². The van der Waals surface area contributed by atoms with E-state index in [1.165, 1.54) is 0 Å². The summed E-state index contributed by atoms with van der Waals surface area (Å²) in [5.41, 5.74) is 1.75. The number of aryl methyl sites for hydroxylation is 1. The number of nitrogens with one attached hydrogen (secondary N) is 1. The first-order chi connectivity index (χ1) is 8.20. The first-order valence-electron chi connectivity index (χ1n) is 5.62. The van der Waals surface area contributed by atoms with Crippen LogP contribution in [0.3, 0.4) is 0 Å². The lowest BCUT2D eigenvalue weighted by Gasteiger charge is -2.09. The maximum Gasteiger partial charge on any atom is 0.227 e. The molecule has 4 nitrogen and oxygen atoms in total. The van der Waals surface area contributed by atoms with Crippen LogP contribution in [0.5, 0.6) is 5.75 Å². The molecule has 0 aliphatic heterocycles. The zero-order valence-electron chi connectivity index (χ0n) is 9.69. The van der Waals surface area contributed by atoms with E-state index in [2.05, 4.69) is 5.32 Å². The van der Waals surface area contributed by atoms with Crippen LogP contribution >= 0.6 is 0 Å². The molecule has 2 rings (SSSR count). The third-order valence-corrected chi connectivity index (χ3v) is 2.71. The fourth-order valence-electron chi connectivity index (χ4n) is 1.56. The first-order valence-corrected chi connectivity index (χ1v) is 5.62. The van der Waals surface area contributed by atoms with Gasteiger partial charge in [-0.2, -0.15) is 5.26 Å². The van der Waals surface area contributed by atoms with Crippen molar-refractivity contribution in [1.29, 1.82) is 5.26 Å². The van der Waals surface area contributed by atoms with Gasteiger partial charge in [0.05, 0.1) is 0 Å². The lowest BCUT2D eigenvalue weighted by molar-refractivity contribution is -0.117. The largest absolute Gasteiger partial charge is 0.479 e. The van der Waals surface area contributed by atoms with Gasteiger partial charge in [-0.15, -0.1) is 0 Å². The van der Waals surface area contributed by atoms with E-state index in [9.17, 15) is 4.79 Å². The lowest BCUT2D eigenvalue weighted by atomic mass is 10.2. The van der Waals surface area contributed by atoms with Gasteiger partial charge in [0.25, 0.3) is 0 Å². The zero-order valence-corrected chi connectivity index (χ0v) is 9.69. The smallest absolute Gasteiger partial charge is 0.227 e. The Hall–Kier alpha value is -2.02. The van der Waals surface area contributed by atoms with Crippen molar-refractivity contribution in [2.75, 3.05) is 11.9 Å². The molecular formula is C13H14N2O2. The van der Waals surface area contributed by atoms with Gasteiger partial charge in [-0.25, -0.2) is 0 Å². The summed E-state index contributed by atoms with van der Waals surface area (Å²) in [5.74, 6) is 0.941. The lowest BCUT2D eigenvalue weighted by Crippen LogP contribution is -2.14. The number of anilines is 1. The molecule has 1 aliphatic carbocycles. The quantitative estimate of drug-likeness (QED) is 0.862. The summed E-state index contributed by atoms with van der Waals surface area (Å²) in [6.45, 7) is 1.94. The van der Waals surface area contributed by atoms with Gasteiger partial charge >= 0.3 is 0 Å². The fraction of sp³-hybridized carbons (Fsp3) is 0.385. The van der Waals surface area contributed by atoms with Gasteiger partial charge in [0, 0.05) is 11.6 Å². The predicted octanol–water partition coefficient (Wildman–Crippen LogP) is 2.25. The first kappa shape index (κ1) is 11.5. The molecule has 1 amide bonds. The molecule has 1 fully saturated rings. The summed E-state index contributed by atoms with van der Waals surface area (Å²) >= 11 is 0. The summed E-state index contributed by atoms with van der Waals surface area (Å²) in [6.07, 6.45) is 1.99. The summed E-state index contributed by atoms with van der Waals surface area (Å²) in [4.78, 5) is 11.6. The van der Waals surface area contributed by atoms with Crippen LogP contribution < -0.4 is 10.1 Å². The second-order valence-electron chi connectivity index (χ2n) is 4.19. The topological polar surface area (TPSA) is 62.1 Å². The van der Waals surface area contributed by atoms with E-state index >= 15 is 0 Å². The van der Waals surface area contributed by atoms with E-state index in [1.54, 1.807) is 6.07 Å². The highest BCUT2D eigenvalue weighted by Gasteiger charge is 2.29. The minimum atomic E-state index is 0.0349. The number of amides is 1. The average Bonchev–Trinajstić information content (AvgIpc) is 3.13. The second-order valence-corrected chi connectivity index (χ2v) is 4.19. The van der Waals surface area contributed by atoms with Crippen LogP contribution in [0.15, 0.2) is 18.2 Å². The Balaban J connectivity index is 2.03. The summed E-state index contributed by atoms with van der Waals surface area (Å²) in [6, 6.07) is 7.30. The molecule has 1 aromatic carbocycles. The van der Waals surface area contributed by atoms with Gasteiger partial charge in [-0.1, -0.05) is 0 Å². The Morgan fingerprint density at radius 2 is 2.35 bits per heavy atom. The van der Waals surface area contributed by atoms with E-state index in [1.807, 2.05) is 25.1 Å². The number of nitriles is 1. The van der Waals surface area contributed by atoms with Gasteiger partial charge in [0.15, 0.2) is 6.61 Å². The molecule has 17 heavy (non-hydrogen) atoms. The predicted molar refractivity (Wildman–Crippen MR) is 63.6 cm³/mol. The van der Waals surface area contributed by atoms with Gasteiger partial charge in [-0.3, -0.25) is 4.79 Å². The molecule has 0 radical (unpaired) electrons. The molecule has 1 N–H and O–H groups in total. The van der Waals surface area contributed by atoms with Crippen molar-refractivity contribution >= 4 is 11.6 Å². The van der Waals surface area contributed by atoms with Crippen molar-refractivity contribution in [3.8, 4) is 11.8 Å². The van der Waals surface area contributed by atoms with E-state index in [0.29, 0.717) is 5.75 Å². The van der Waals surface area contributed by atoms with Crippen LogP contribution in [0, 0.1) is 24.2 Å². The van der Waals surface area contributed by atoms with E-state index in [4.69, 9.17) is 10.00 Å². The van der Waals surface area contributed by atoms with E-state index in [-0.39, 0.29) is 18.4 Å². The van der Waals surface area contributed by atoms with Crippen LogP contribution in [0.2, 0.25) is 0 Å². The van der Waals surface area contributed by atoms with Crippen molar-refractivity contribution in [2.24, 2.45) is 5.92 Å². The third kappa shape index (κ3) is 2.97. The van der Waals surface area contributed by atoms with Crippen molar-refractivity contribution in [3.63, 3.8) is 0 Å². The SMILES string of the molecule is Cc1cc(OCC#N)ccc1NC(=O)C1CC1. The molecule has 1 aliphatic rings. The number of nitrogens with zero attached hydrogens (tertiary/aromatic N) is 1. The molecule has 0 heterocycles. The van der Waals surface area contributed by atoms with Crippen molar-refractivity contribution in [3.05, 3.63) is 23.8 Å². The molecule has 0 atom stereocenters. The van der Waals surface area contributed by atoms with Crippen molar-refractivity contribution < 1.29 is 9.53 Å². The third-order valence-electron chi connectivity index (χ3n) is 2.71. The Morgan fingerprint density at radius 3 is 2.94 bits per heavy atom. The minimum absolute atomic E-state index is 0.0349. The highest BCUT2D eigenvalue weighted by molar-refractivity contribution is 5.94. The normalized spacial score (nSPS) is 13.9. The average molecular weight is 230 g/mol. The number of rotatable bonds is 4. The maximum atomic E-state index is 11.6. The number of ether oxygens (including phenoxy) is 1. The molecule has 0 unspecified atom stereocenters. The highest BCUT2D eigenvalue weighted by atomic mass is 16.5. The molecule has 0 spiro atoms. The number of carbonyl (C=O) groups is 1. The van der Waals surface area contributed by atoms with Crippen molar-refractivity contribution in [2.45, 2.75) is 19.8 Å². The minimum Gasteiger partial charge on any atom is -0.479 e. The summed E-state index contributed by atoms with van der Waals surface area (Å²) in [7, 11) is 0. The van der Waals surface area contributed by atoms with Crippen LogP contribution in [-0.4, -0.2) is 12.5 Å². The Labute approximate surface area is 100 Å². The fourth-order valence-corrected chi connectivity index (χ4v) is 1.56. The number of hydrogen-bond donors (Lipinski definition) is 1.